The fraction of sp³-hybridized carbons (Fsp3) is 0.267. The maximum Gasteiger partial charge on any atom is 0.414 e. The lowest BCUT2D eigenvalue weighted by Crippen LogP contribution is -2.45. The Hall–Kier alpha value is -5.54. The number of methoxy groups -OCH3 is 1. The monoisotopic (exact) mass is 624 g/mol. The molecule has 3 heterocycles. The topological polar surface area (TPSA) is 213 Å². The number of hydrogen-bond donors (Lipinski definition) is 4. The van der Waals surface area contributed by atoms with Crippen LogP contribution in [0.25, 0.3) is 11.0 Å². The molecule has 0 saturated carbocycles. The van der Waals surface area contributed by atoms with E-state index in [4.69, 9.17) is 53.7 Å². The minimum absolute atomic E-state index is 0.253. The van der Waals surface area contributed by atoms with Crippen LogP contribution in [0.1, 0.15) is 27.7 Å². The Morgan fingerprint density at radius 1 is 0.711 bits per heavy atom. The molecule has 1 fully saturated rings. The number of ether oxygens (including phenoxy) is 1. The van der Waals surface area contributed by atoms with Gasteiger partial charge in [0.1, 0.15) is 11.6 Å². The molecule has 4 aromatic rings. The van der Waals surface area contributed by atoms with E-state index in [0.29, 0.717) is 6.54 Å². The van der Waals surface area contributed by atoms with Crippen LogP contribution in [0.4, 0.5) is 0 Å². The van der Waals surface area contributed by atoms with Gasteiger partial charge in [-0.2, -0.15) is 0 Å². The highest BCUT2D eigenvalue weighted by molar-refractivity contribution is 6.27. The van der Waals surface area contributed by atoms with E-state index in [2.05, 4.69) is 62.9 Å². The average Bonchev–Trinajstić information content (AvgIpc) is 3.63. The highest BCUT2D eigenvalue weighted by Crippen LogP contribution is 2.20. The van der Waals surface area contributed by atoms with Crippen molar-refractivity contribution in [3.8, 4) is 0 Å². The highest BCUT2D eigenvalue weighted by Gasteiger charge is 2.21. The number of carboxylic acids is 4. The first-order valence-corrected chi connectivity index (χ1v) is 13.5. The molecule has 0 aliphatic carbocycles. The molecule has 5 rings (SSSR count). The number of carbonyl (C=O) groups is 5. The third-order valence-corrected chi connectivity index (χ3v) is 6.54. The second-order valence-corrected chi connectivity index (χ2v) is 9.62. The molecule has 0 amide bonds. The fourth-order valence-electron chi connectivity index (χ4n) is 4.39. The number of hydrogen-bond acceptors (Lipinski definition) is 10. The van der Waals surface area contributed by atoms with E-state index in [9.17, 15) is 4.79 Å². The van der Waals surface area contributed by atoms with Crippen molar-refractivity contribution in [3.05, 3.63) is 89.6 Å². The third kappa shape index (κ3) is 10.3. The molecular formula is C30H32N4O11. The number of imidazole rings is 1. The molecular weight excluding hydrogens is 592 g/mol. The van der Waals surface area contributed by atoms with E-state index in [-0.39, 0.29) is 5.76 Å². The zero-order valence-corrected chi connectivity index (χ0v) is 24.2. The second kappa shape index (κ2) is 16.3. The van der Waals surface area contributed by atoms with Crippen molar-refractivity contribution in [2.24, 2.45) is 0 Å². The first-order valence-electron chi connectivity index (χ1n) is 13.5. The lowest BCUT2D eigenvalue weighted by molar-refractivity contribution is -0.159. The number of benzene rings is 2. The lowest BCUT2D eigenvalue weighted by Gasteiger charge is -2.34. The van der Waals surface area contributed by atoms with Crippen LogP contribution >= 0.6 is 0 Å². The first-order chi connectivity index (χ1) is 21.5. The van der Waals surface area contributed by atoms with Crippen molar-refractivity contribution < 1.29 is 53.6 Å². The normalized spacial score (nSPS) is 13.1. The van der Waals surface area contributed by atoms with Crippen molar-refractivity contribution in [3.63, 3.8) is 0 Å². The molecule has 15 nitrogen and oxygen atoms in total. The molecule has 0 radical (unpaired) electrons. The van der Waals surface area contributed by atoms with Crippen LogP contribution in [0.5, 0.6) is 0 Å². The summed E-state index contributed by atoms with van der Waals surface area (Å²) in [5.41, 5.74) is 3.49. The van der Waals surface area contributed by atoms with Gasteiger partial charge in [-0.1, -0.05) is 42.5 Å². The molecule has 238 valence electrons. The van der Waals surface area contributed by atoms with E-state index in [1.54, 1.807) is 6.07 Å². The van der Waals surface area contributed by atoms with E-state index >= 15 is 0 Å². The summed E-state index contributed by atoms with van der Waals surface area (Å²) >= 11 is 0. The molecule has 4 N–H and O–H groups in total. The van der Waals surface area contributed by atoms with Gasteiger partial charge in [0, 0.05) is 32.7 Å². The number of aromatic nitrogens is 2. The number of rotatable bonds is 7. The number of furan rings is 1. The molecule has 2 aromatic heterocycles. The van der Waals surface area contributed by atoms with Crippen LogP contribution < -0.4 is 0 Å². The van der Waals surface area contributed by atoms with Gasteiger partial charge in [0.15, 0.2) is 0 Å². The largest absolute Gasteiger partial charge is 0.473 e. The summed E-state index contributed by atoms with van der Waals surface area (Å²) in [5, 5.41) is 29.6. The standard InChI is InChI=1S/C26H28N4O3.2C2H2O4/c1-32-26(31)24-12-11-21(33-24)18-28-13-15-29(16-14-28)19-25-27-22-9-5-6-10-23(22)30(25)17-20-7-3-2-4-8-20;2*3-1(4)2(5)6/h2-12H,13-19H2,1H3;2*(H,3,4)(H,5,6). The lowest BCUT2D eigenvalue weighted by atomic mass is 10.2. The van der Waals surface area contributed by atoms with E-state index in [1.807, 2.05) is 12.1 Å². The maximum absolute atomic E-state index is 11.6. The van der Waals surface area contributed by atoms with E-state index in [0.717, 1.165) is 56.4 Å². The fourth-order valence-corrected chi connectivity index (χ4v) is 4.39. The van der Waals surface area contributed by atoms with Crippen LogP contribution in [0, 0.1) is 0 Å². The Labute approximate surface area is 256 Å². The molecule has 45 heavy (non-hydrogen) atoms. The van der Waals surface area contributed by atoms with Crippen molar-refractivity contribution in [2.75, 3.05) is 33.3 Å². The van der Waals surface area contributed by atoms with Gasteiger partial charge in [0.25, 0.3) is 0 Å². The molecule has 0 atom stereocenters. The Kier molecular flexibility index (Phi) is 12.3. The molecule has 0 bridgehead atoms. The SMILES string of the molecule is COC(=O)c1ccc(CN2CCN(Cc3nc4ccccc4n3Cc3ccccc3)CC2)o1.O=C(O)C(=O)O.O=C(O)C(=O)O. The van der Waals surface area contributed by atoms with Gasteiger partial charge in [0.2, 0.25) is 5.76 Å². The van der Waals surface area contributed by atoms with Crippen molar-refractivity contribution in [2.45, 2.75) is 19.6 Å². The number of fused-ring (bicyclic) bond motifs is 1. The summed E-state index contributed by atoms with van der Waals surface area (Å²) in [4.78, 5) is 57.8. The molecule has 2 aromatic carbocycles. The summed E-state index contributed by atoms with van der Waals surface area (Å²) in [6.07, 6.45) is 0. The Balaban J connectivity index is 0.000000392. The number of aliphatic carboxylic acids is 4. The van der Waals surface area contributed by atoms with E-state index in [1.165, 1.54) is 18.2 Å². The number of nitrogens with zero attached hydrogens (tertiary/aromatic N) is 4. The van der Waals surface area contributed by atoms with Crippen molar-refractivity contribution in [1.29, 1.82) is 0 Å². The van der Waals surface area contributed by atoms with Crippen LogP contribution in [-0.2, 0) is 43.5 Å². The molecule has 15 heteroatoms. The minimum Gasteiger partial charge on any atom is -0.473 e. The van der Waals surface area contributed by atoms with E-state index < -0.39 is 29.8 Å². The van der Waals surface area contributed by atoms with Crippen LogP contribution in [-0.4, -0.2) is 103 Å². The predicted octanol–water partition coefficient (Wildman–Crippen LogP) is 2.09. The van der Waals surface area contributed by atoms with Crippen molar-refractivity contribution in [1.82, 2.24) is 19.4 Å². The Morgan fingerprint density at radius 3 is 1.80 bits per heavy atom. The van der Waals surface area contributed by atoms with Gasteiger partial charge in [-0.05, 0) is 29.8 Å². The zero-order chi connectivity index (χ0) is 32.9. The Morgan fingerprint density at radius 2 is 1.24 bits per heavy atom. The maximum atomic E-state index is 11.6. The minimum atomic E-state index is -1.82. The Bertz CT molecular complexity index is 1580. The van der Waals surface area contributed by atoms with Crippen LogP contribution in [0.2, 0.25) is 0 Å². The smallest absolute Gasteiger partial charge is 0.414 e. The third-order valence-electron chi connectivity index (χ3n) is 6.54. The number of piperazine rings is 1. The van der Waals surface area contributed by atoms with Gasteiger partial charge >= 0.3 is 29.8 Å². The average molecular weight is 625 g/mol. The molecule has 0 spiro atoms. The van der Waals surface area contributed by atoms with Gasteiger partial charge in [-0.3, -0.25) is 9.80 Å². The summed E-state index contributed by atoms with van der Waals surface area (Å²) in [6, 6.07) is 22.4. The summed E-state index contributed by atoms with van der Waals surface area (Å²) in [6.45, 7) is 6.12. The quantitative estimate of drug-likeness (QED) is 0.171. The number of esters is 1. The van der Waals surface area contributed by atoms with Gasteiger partial charge in [0.05, 0.1) is 31.2 Å². The molecule has 0 unspecified atom stereocenters. The molecule has 1 aliphatic rings. The first kappa shape index (κ1) is 34.0. The van der Waals surface area contributed by atoms with Crippen LogP contribution in [0.3, 0.4) is 0 Å². The predicted molar refractivity (Wildman–Crippen MR) is 156 cm³/mol. The number of carbonyl (C=O) groups excluding carboxylic acids is 1. The summed E-state index contributed by atoms with van der Waals surface area (Å²) < 4.78 is 12.7. The van der Waals surface area contributed by atoms with Crippen molar-refractivity contribution >= 4 is 40.9 Å². The number of carboxylic acid groups (broad SMARTS) is 4. The number of para-hydroxylation sites is 2. The summed E-state index contributed by atoms with van der Waals surface area (Å²) in [5.74, 6) is -5.60. The van der Waals surface area contributed by atoms with Gasteiger partial charge in [-0.25, -0.2) is 29.0 Å². The van der Waals surface area contributed by atoms with Gasteiger partial charge < -0.3 is 34.1 Å². The highest BCUT2D eigenvalue weighted by atomic mass is 16.5. The van der Waals surface area contributed by atoms with Gasteiger partial charge in [-0.15, -0.1) is 0 Å². The summed E-state index contributed by atoms with van der Waals surface area (Å²) in [7, 11) is 1.36. The molecule has 1 aliphatic heterocycles. The zero-order valence-electron chi connectivity index (χ0n) is 24.2. The molecule has 1 saturated heterocycles. The second-order valence-electron chi connectivity index (χ2n) is 9.62. The van der Waals surface area contributed by atoms with Crippen LogP contribution in [0.15, 0.2) is 71.1 Å².